The molecule has 0 atom stereocenters. The molecule has 66 valence electrons. The normalized spacial score (nSPS) is 19.5. The molecule has 0 bridgehead atoms. The molecule has 2 rings (SSSR count). The van der Waals surface area contributed by atoms with Gasteiger partial charge in [-0.3, -0.25) is 0 Å². The zero-order valence-electron chi connectivity index (χ0n) is 7.06. The molecular weight excluding hydrogens is 234 g/mol. The van der Waals surface area contributed by atoms with Crippen molar-refractivity contribution in [3.63, 3.8) is 0 Å². The van der Waals surface area contributed by atoms with E-state index >= 15 is 0 Å². The van der Waals surface area contributed by atoms with Gasteiger partial charge in [-0.25, -0.2) is 0 Å². The second-order valence-electron chi connectivity index (χ2n) is 3.47. The van der Waals surface area contributed by atoms with Crippen molar-refractivity contribution in [1.29, 1.82) is 0 Å². The monoisotopic (exact) mass is 245 g/mol. The first-order valence-corrected chi connectivity index (χ1v) is 5.83. The fourth-order valence-corrected chi connectivity index (χ4v) is 2.70. The Morgan fingerprint density at radius 1 is 1.67 bits per heavy atom. The van der Waals surface area contributed by atoms with E-state index in [1.54, 1.807) is 11.3 Å². The molecule has 0 radical (unpaired) electrons. The van der Waals surface area contributed by atoms with Crippen LogP contribution in [0.25, 0.3) is 0 Å². The van der Waals surface area contributed by atoms with Gasteiger partial charge in [-0.1, -0.05) is 0 Å². The minimum absolute atomic E-state index is 0.445. The molecular formula is C9H12BrNS. The van der Waals surface area contributed by atoms with Crippen LogP contribution >= 0.6 is 27.3 Å². The highest BCUT2D eigenvalue weighted by molar-refractivity contribution is 9.11. The molecule has 0 spiro atoms. The summed E-state index contributed by atoms with van der Waals surface area (Å²) in [6, 6.07) is 2.22. The van der Waals surface area contributed by atoms with Gasteiger partial charge in [-0.15, -0.1) is 11.3 Å². The van der Waals surface area contributed by atoms with E-state index in [-0.39, 0.29) is 0 Å². The van der Waals surface area contributed by atoms with E-state index in [0.717, 1.165) is 0 Å². The molecule has 0 saturated heterocycles. The fraction of sp³-hybridized carbons (Fsp3) is 0.556. The van der Waals surface area contributed by atoms with Gasteiger partial charge in [0.15, 0.2) is 0 Å². The third-order valence-corrected chi connectivity index (χ3v) is 4.10. The summed E-state index contributed by atoms with van der Waals surface area (Å²) < 4.78 is 1.24. The summed E-state index contributed by atoms with van der Waals surface area (Å²) in [5.41, 5.74) is 1.90. The maximum absolute atomic E-state index is 3.48. The fourth-order valence-electron chi connectivity index (χ4n) is 1.50. The van der Waals surface area contributed by atoms with E-state index < -0.39 is 0 Å². The highest BCUT2D eigenvalue weighted by Crippen LogP contribution is 2.39. The predicted octanol–water partition coefficient (Wildman–Crippen LogP) is 2.81. The van der Waals surface area contributed by atoms with Crippen LogP contribution < -0.4 is 5.32 Å². The van der Waals surface area contributed by atoms with Crippen molar-refractivity contribution in [2.75, 3.05) is 7.05 Å². The van der Waals surface area contributed by atoms with Gasteiger partial charge in [0.05, 0.1) is 3.79 Å². The van der Waals surface area contributed by atoms with Crippen molar-refractivity contribution in [3.8, 4) is 0 Å². The van der Waals surface area contributed by atoms with Crippen LogP contribution in [-0.4, -0.2) is 12.6 Å². The van der Waals surface area contributed by atoms with Gasteiger partial charge in [0, 0.05) is 5.54 Å². The maximum atomic E-state index is 3.48. The number of nitrogens with one attached hydrogen (secondary N) is 1. The minimum Gasteiger partial charge on any atom is -0.314 e. The Hall–Kier alpha value is 0.140. The average Bonchev–Trinajstić information content (AvgIpc) is 2.71. The number of hydrogen-bond donors (Lipinski definition) is 1. The Morgan fingerprint density at radius 3 is 2.83 bits per heavy atom. The van der Waals surface area contributed by atoms with Crippen molar-refractivity contribution < 1.29 is 0 Å². The second-order valence-corrected chi connectivity index (χ2v) is 5.76. The predicted molar refractivity (Wildman–Crippen MR) is 56.7 cm³/mol. The first-order chi connectivity index (χ1) is 5.74. The van der Waals surface area contributed by atoms with E-state index in [2.05, 4.69) is 39.7 Å². The molecule has 1 aliphatic carbocycles. The highest BCUT2D eigenvalue weighted by Gasteiger charge is 2.40. The lowest BCUT2D eigenvalue weighted by atomic mass is 10.1. The Labute approximate surface area is 85.3 Å². The van der Waals surface area contributed by atoms with Crippen LogP contribution in [0, 0.1) is 0 Å². The quantitative estimate of drug-likeness (QED) is 0.864. The molecule has 0 aromatic carbocycles. The van der Waals surface area contributed by atoms with E-state index in [4.69, 9.17) is 0 Å². The molecule has 1 aromatic heterocycles. The molecule has 1 fully saturated rings. The van der Waals surface area contributed by atoms with E-state index in [1.165, 1.54) is 28.6 Å². The van der Waals surface area contributed by atoms with E-state index in [0.29, 0.717) is 5.54 Å². The molecule has 1 aliphatic rings. The molecule has 0 unspecified atom stereocenters. The largest absolute Gasteiger partial charge is 0.314 e. The van der Waals surface area contributed by atoms with E-state index in [1.807, 2.05) is 0 Å². The minimum atomic E-state index is 0.445. The van der Waals surface area contributed by atoms with Gasteiger partial charge in [0.2, 0.25) is 0 Å². The Bertz CT molecular complexity index is 278. The summed E-state index contributed by atoms with van der Waals surface area (Å²) in [6.07, 6.45) is 3.85. The molecule has 1 N–H and O–H groups in total. The summed E-state index contributed by atoms with van der Waals surface area (Å²) in [7, 11) is 2.06. The lowest BCUT2D eigenvalue weighted by Gasteiger charge is -2.11. The van der Waals surface area contributed by atoms with Crippen molar-refractivity contribution in [3.05, 3.63) is 20.8 Å². The second kappa shape index (κ2) is 3.13. The SMILES string of the molecule is CNC1(Cc2csc(Br)c2)CC1. The number of hydrogen-bond acceptors (Lipinski definition) is 2. The van der Waals surface area contributed by atoms with Gasteiger partial charge in [-0.2, -0.15) is 0 Å². The third kappa shape index (κ3) is 1.73. The molecule has 3 heteroatoms. The summed E-state index contributed by atoms with van der Waals surface area (Å²) in [4.78, 5) is 0. The number of thiophene rings is 1. The topological polar surface area (TPSA) is 12.0 Å². The summed E-state index contributed by atoms with van der Waals surface area (Å²) in [5, 5.41) is 5.64. The lowest BCUT2D eigenvalue weighted by Crippen LogP contribution is -2.29. The molecule has 12 heavy (non-hydrogen) atoms. The van der Waals surface area contributed by atoms with Gasteiger partial charge >= 0.3 is 0 Å². The average molecular weight is 246 g/mol. The molecule has 1 aromatic rings. The van der Waals surface area contributed by atoms with Crippen LogP contribution in [0.3, 0.4) is 0 Å². The van der Waals surface area contributed by atoms with Crippen molar-refractivity contribution in [2.45, 2.75) is 24.8 Å². The summed E-state index contributed by atoms with van der Waals surface area (Å²) in [5.74, 6) is 0. The molecule has 1 heterocycles. The molecule has 1 nitrogen and oxygen atoms in total. The van der Waals surface area contributed by atoms with Crippen molar-refractivity contribution in [2.24, 2.45) is 0 Å². The van der Waals surface area contributed by atoms with Gasteiger partial charge in [0.1, 0.15) is 0 Å². The molecule has 0 aliphatic heterocycles. The Kier molecular flexibility index (Phi) is 2.27. The zero-order valence-corrected chi connectivity index (χ0v) is 9.46. The number of likely N-dealkylation sites (N-methyl/N-ethyl adjacent to an activating group) is 1. The number of rotatable bonds is 3. The zero-order chi connectivity index (χ0) is 8.60. The maximum Gasteiger partial charge on any atom is 0.0701 e. The first-order valence-electron chi connectivity index (χ1n) is 4.16. The van der Waals surface area contributed by atoms with Crippen LogP contribution in [0.4, 0.5) is 0 Å². The van der Waals surface area contributed by atoms with E-state index in [9.17, 15) is 0 Å². The van der Waals surface area contributed by atoms with Crippen LogP contribution in [0.2, 0.25) is 0 Å². The van der Waals surface area contributed by atoms with Crippen LogP contribution in [0.1, 0.15) is 18.4 Å². The number of halogens is 1. The van der Waals surface area contributed by atoms with Crippen LogP contribution in [0.5, 0.6) is 0 Å². The van der Waals surface area contributed by atoms with Gasteiger partial charge in [-0.05, 0) is 59.2 Å². The van der Waals surface area contributed by atoms with Crippen LogP contribution in [0.15, 0.2) is 15.2 Å². The Balaban J connectivity index is 2.04. The smallest absolute Gasteiger partial charge is 0.0701 e. The van der Waals surface area contributed by atoms with Crippen LogP contribution in [-0.2, 0) is 6.42 Å². The summed E-state index contributed by atoms with van der Waals surface area (Å²) >= 11 is 5.25. The van der Waals surface area contributed by atoms with Gasteiger partial charge in [0.25, 0.3) is 0 Å². The highest BCUT2D eigenvalue weighted by atomic mass is 79.9. The van der Waals surface area contributed by atoms with Gasteiger partial charge < -0.3 is 5.32 Å². The lowest BCUT2D eigenvalue weighted by molar-refractivity contribution is 0.549. The standard InChI is InChI=1S/C9H12BrNS/c1-11-9(2-3-9)5-7-4-8(10)12-6-7/h4,6,11H,2-3,5H2,1H3. The van der Waals surface area contributed by atoms with Crippen molar-refractivity contribution in [1.82, 2.24) is 5.32 Å². The molecule has 1 saturated carbocycles. The third-order valence-electron chi connectivity index (χ3n) is 2.55. The Morgan fingerprint density at radius 2 is 2.42 bits per heavy atom. The van der Waals surface area contributed by atoms with Crippen molar-refractivity contribution >= 4 is 27.3 Å². The molecule has 0 amide bonds. The summed E-state index contributed by atoms with van der Waals surface area (Å²) in [6.45, 7) is 0. The first kappa shape index (κ1) is 8.73.